The Morgan fingerprint density at radius 1 is 0.950 bits per heavy atom. The zero-order valence-electron chi connectivity index (χ0n) is 12.2. The summed E-state index contributed by atoms with van der Waals surface area (Å²) in [7, 11) is 3.31. The fourth-order valence-corrected chi connectivity index (χ4v) is 2.20. The van der Waals surface area contributed by atoms with Crippen molar-refractivity contribution in [2.24, 2.45) is 0 Å². The number of benzene rings is 2. The minimum atomic E-state index is 0.765. The number of rotatable bonds is 5. The molecule has 0 bridgehead atoms. The quantitative estimate of drug-likeness (QED) is 0.802. The Bertz CT molecular complexity index is 586. The lowest BCUT2D eigenvalue weighted by molar-refractivity contribution is 0.354. The number of hydrogen-bond acceptors (Lipinski definition) is 2. The van der Waals surface area contributed by atoms with E-state index in [0.717, 1.165) is 17.9 Å². The van der Waals surface area contributed by atoms with Crippen molar-refractivity contribution in [3.63, 3.8) is 0 Å². The van der Waals surface area contributed by atoms with Gasteiger partial charge < -0.3 is 9.47 Å². The van der Waals surface area contributed by atoms with Crippen LogP contribution in [0, 0.1) is 0 Å². The monoisotopic (exact) mass is 268 g/mol. The van der Waals surface area contributed by atoms with E-state index in [0.29, 0.717) is 0 Å². The summed E-state index contributed by atoms with van der Waals surface area (Å²) in [5, 5.41) is 0. The molecule has 0 aliphatic rings. The van der Waals surface area contributed by atoms with Crippen molar-refractivity contribution >= 4 is 6.08 Å². The van der Waals surface area contributed by atoms with Crippen molar-refractivity contribution < 1.29 is 9.47 Å². The molecule has 0 spiro atoms. The summed E-state index contributed by atoms with van der Waals surface area (Å²) < 4.78 is 10.6. The molecule has 0 amide bonds. The second kappa shape index (κ2) is 6.80. The molecule has 2 heteroatoms. The number of hydrogen-bond donors (Lipinski definition) is 0. The second-order valence-corrected chi connectivity index (χ2v) is 4.77. The molecule has 0 aliphatic heterocycles. The predicted molar refractivity (Wildman–Crippen MR) is 83.3 cm³/mol. The average Bonchev–Trinajstić information content (AvgIpc) is 2.48. The van der Waals surface area contributed by atoms with Crippen LogP contribution in [-0.2, 0) is 6.42 Å². The van der Waals surface area contributed by atoms with Gasteiger partial charge in [0.2, 0.25) is 0 Å². The van der Waals surface area contributed by atoms with Gasteiger partial charge in [-0.05, 0) is 36.6 Å². The second-order valence-electron chi connectivity index (χ2n) is 4.77. The summed E-state index contributed by atoms with van der Waals surface area (Å²) in [6.07, 6.45) is 3.10. The van der Waals surface area contributed by atoms with Crippen LogP contribution in [0.2, 0.25) is 0 Å². The van der Waals surface area contributed by atoms with Gasteiger partial charge in [0.1, 0.15) is 0 Å². The van der Waals surface area contributed by atoms with E-state index < -0.39 is 0 Å². The molecule has 0 saturated carbocycles. The van der Waals surface area contributed by atoms with Crippen LogP contribution >= 0.6 is 0 Å². The topological polar surface area (TPSA) is 18.5 Å². The molecular weight excluding hydrogens is 248 g/mol. The zero-order chi connectivity index (χ0) is 14.4. The number of methoxy groups -OCH3 is 2. The van der Waals surface area contributed by atoms with E-state index in [1.54, 1.807) is 14.2 Å². The lowest BCUT2D eigenvalue weighted by Gasteiger charge is -2.10. The Hall–Kier alpha value is -2.22. The van der Waals surface area contributed by atoms with Gasteiger partial charge in [-0.15, -0.1) is 0 Å². The molecule has 0 saturated heterocycles. The van der Waals surface area contributed by atoms with Crippen LogP contribution in [0.3, 0.4) is 0 Å². The van der Waals surface area contributed by atoms with E-state index in [2.05, 4.69) is 43.3 Å². The van der Waals surface area contributed by atoms with Crippen LogP contribution in [0.5, 0.6) is 11.5 Å². The van der Waals surface area contributed by atoms with Crippen LogP contribution < -0.4 is 9.47 Å². The maximum Gasteiger partial charge on any atom is 0.160 e. The Labute approximate surface area is 120 Å². The average molecular weight is 268 g/mol. The molecule has 104 valence electrons. The minimum absolute atomic E-state index is 0.765. The summed E-state index contributed by atoms with van der Waals surface area (Å²) in [6, 6.07) is 16.4. The molecule has 0 N–H and O–H groups in total. The van der Waals surface area contributed by atoms with E-state index in [4.69, 9.17) is 9.47 Å². The Morgan fingerprint density at radius 2 is 1.65 bits per heavy atom. The standard InChI is InChI=1S/C18H20O2/c1-14(11-15-7-5-4-6-8-15)12-16-9-10-17(19-2)18(13-16)20-3/h4-11,13H,12H2,1-3H3/b14-11+. The molecule has 2 aromatic rings. The maximum atomic E-state index is 5.33. The molecule has 0 aliphatic carbocycles. The van der Waals surface area contributed by atoms with Gasteiger partial charge in [0.25, 0.3) is 0 Å². The molecule has 0 unspecified atom stereocenters. The minimum Gasteiger partial charge on any atom is -0.493 e. The Balaban J connectivity index is 2.15. The highest BCUT2D eigenvalue weighted by Gasteiger charge is 2.04. The summed E-state index contributed by atoms with van der Waals surface area (Å²) in [5.41, 5.74) is 3.75. The highest BCUT2D eigenvalue weighted by atomic mass is 16.5. The molecule has 0 aromatic heterocycles. The van der Waals surface area contributed by atoms with Crippen LogP contribution in [0.4, 0.5) is 0 Å². The van der Waals surface area contributed by atoms with Gasteiger partial charge in [-0.1, -0.05) is 48.0 Å². The predicted octanol–water partition coefficient (Wildman–Crippen LogP) is 4.35. The van der Waals surface area contributed by atoms with E-state index in [9.17, 15) is 0 Å². The largest absolute Gasteiger partial charge is 0.493 e. The van der Waals surface area contributed by atoms with Gasteiger partial charge in [-0.25, -0.2) is 0 Å². The van der Waals surface area contributed by atoms with Gasteiger partial charge in [-0.3, -0.25) is 0 Å². The molecule has 2 nitrogen and oxygen atoms in total. The van der Waals surface area contributed by atoms with E-state index in [1.807, 2.05) is 18.2 Å². The third kappa shape index (κ3) is 3.64. The fourth-order valence-electron chi connectivity index (χ4n) is 2.20. The van der Waals surface area contributed by atoms with Gasteiger partial charge in [0, 0.05) is 0 Å². The lowest BCUT2D eigenvalue weighted by Crippen LogP contribution is -1.93. The van der Waals surface area contributed by atoms with Crippen LogP contribution in [0.1, 0.15) is 18.1 Å². The first-order chi connectivity index (χ1) is 9.72. The molecule has 0 atom stereocenters. The van der Waals surface area contributed by atoms with Gasteiger partial charge in [0.15, 0.2) is 11.5 Å². The number of allylic oxidation sites excluding steroid dienone is 1. The van der Waals surface area contributed by atoms with Crippen molar-refractivity contribution in [1.29, 1.82) is 0 Å². The van der Waals surface area contributed by atoms with Gasteiger partial charge >= 0.3 is 0 Å². The van der Waals surface area contributed by atoms with Crippen LogP contribution in [0.25, 0.3) is 6.08 Å². The SMILES string of the molecule is COc1ccc(C/C(C)=C/c2ccccc2)cc1OC. The van der Waals surface area contributed by atoms with Crippen molar-refractivity contribution in [1.82, 2.24) is 0 Å². The maximum absolute atomic E-state index is 5.33. The number of ether oxygens (including phenoxy) is 2. The molecule has 0 heterocycles. The molecule has 2 aromatic carbocycles. The first-order valence-electron chi connectivity index (χ1n) is 6.66. The third-order valence-corrected chi connectivity index (χ3v) is 3.14. The Morgan fingerprint density at radius 3 is 2.30 bits per heavy atom. The molecular formula is C18H20O2. The summed E-state index contributed by atoms with van der Waals surface area (Å²) in [5.74, 6) is 1.54. The van der Waals surface area contributed by atoms with E-state index in [1.165, 1.54) is 16.7 Å². The molecule has 0 radical (unpaired) electrons. The van der Waals surface area contributed by atoms with Crippen molar-refractivity contribution in [3.05, 3.63) is 65.2 Å². The molecule has 2 rings (SSSR count). The van der Waals surface area contributed by atoms with Crippen molar-refractivity contribution in [3.8, 4) is 11.5 Å². The van der Waals surface area contributed by atoms with Crippen LogP contribution in [0.15, 0.2) is 54.1 Å². The highest BCUT2D eigenvalue weighted by Crippen LogP contribution is 2.28. The molecule has 20 heavy (non-hydrogen) atoms. The summed E-state index contributed by atoms with van der Waals surface area (Å²) in [6.45, 7) is 2.14. The first kappa shape index (κ1) is 14.2. The first-order valence-corrected chi connectivity index (χ1v) is 6.66. The normalized spacial score (nSPS) is 11.2. The third-order valence-electron chi connectivity index (χ3n) is 3.14. The smallest absolute Gasteiger partial charge is 0.160 e. The molecule has 0 fully saturated rings. The summed E-state index contributed by atoms with van der Waals surface area (Å²) >= 11 is 0. The highest BCUT2D eigenvalue weighted by molar-refractivity contribution is 5.53. The van der Waals surface area contributed by atoms with E-state index >= 15 is 0 Å². The zero-order valence-corrected chi connectivity index (χ0v) is 12.2. The summed E-state index contributed by atoms with van der Waals surface area (Å²) in [4.78, 5) is 0. The van der Waals surface area contributed by atoms with Crippen molar-refractivity contribution in [2.75, 3.05) is 14.2 Å². The Kier molecular flexibility index (Phi) is 4.83. The van der Waals surface area contributed by atoms with Gasteiger partial charge in [0.05, 0.1) is 14.2 Å². The van der Waals surface area contributed by atoms with Gasteiger partial charge in [-0.2, -0.15) is 0 Å². The lowest BCUT2D eigenvalue weighted by atomic mass is 10.0. The van der Waals surface area contributed by atoms with Crippen molar-refractivity contribution in [2.45, 2.75) is 13.3 Å². The van der Waals surface area contributed by atoms with Crippen LogP contribution in [-0.4, -0.2) is 14.2 Å². The fraction of sp³-hybridized carbons (Fsp3) is 0.222. The van der Waals surface area contributed by atoms with E-state index in [-0.39, 0.29) is 0 Å².